The molecule has 3 heterocycles. The summed E-state index contributed by atoms with van der Waals surface area (Å²) >= 11 is 0. The van der Waals surface area contributed by atoms with E-state index < -0.39 is 0 Å². The van der Waals surface area contributed by atoms with Gasteiger partial charge in [0.2, 0.25) is 11.9 Å². The molecular formula is C15H21N7. The number of hydrogen-bond acceptors (Lipinski definition) is 6. The SMILES string of the molecule is Nc1nc(N)n(-c2cnc3c(c2)CC(N2CCCC2)CC3)n1. The minimum Gasteiger partial charge on any atom is -0.368 e. The Morgan fingerprint density at radius 1 is 1.18 bits per heavy atom. The molecule has 1 aliphatic heterocycles. The largest absolute Gasteiger partial charge is 0.368 e. The fourth-order valence-electron chi connectivity index (χ4n) is 3.65. The lowest BCUT2D eigenvalue weighted by molar-refractivity contribution is 0.221. The van der Waals surface area contributed by atoms with Gasteiger partial charge in [-0.1, -0.05) is 0 Å². The van der Waals surface area contributed by atoms with Gasteiger partial charge >= 0.3 is 0 Å². The van der Waals surface area contributed by atoms with Crippen LogP contribution in [0, 0.1) is 0 Å². The molecule has 1 saturated heterocycles. The van der Waals surface area contributed by atoms with Gasteiger partial charge in [0.05, 0.1) is 11.9 Å². The third-order valence-corrected chi connectivity index (χ3v) is 4.77. The van der Waals surface area contributed by atoms with Crippen LogP contribution in [0.2, 0.25) is 0 Å². The molecule has 1 atom stereocenters. The monoisotopic (exact) mass is 299 g/mol. The van der Waals surface area contributed by atoms with Crippen LogP contribution in [0.5, 0.6) is 0 Å². The van der Waals surface area contributed by atoms with E-state index in [0.29, 0.717) is 12.0 Å². The first-order chi connectivity index (χ1) is 10.7. The number of aryl methyl sites for hydroxylation is 1. The Labute approximate surface area is 129 Å². The van der Waals surface area contributed by atoms with Crippen LogP contribution in [0.1, 0.15) is 30.5 Å². The maximum atomic E-state index is 5.85. The number of aromatic nitrogens is 4. The standard InChI is InChI=1S/C15H21N7/c16-14-19-15(17)22(20-14)12-8-10-7-11(21-5-1-2-6-21)3-4-13(10)18-9-12/h8-9,11H,1-7H2,(H4,16,17,19,20). The van der Waals surface area contributed by atoms with Gasteiger partial charge in [0.1, 0.15) is 0 Å². The van der Waals surface area contributed by atoms with E-state index in [1.54, 1.807) is 10.9 Å². The van der Waals surface area contributed by atoms with Crippen molar-refractivity contribution < 1.29 is 0 Å². The third-order valence-electron chi connectivity index (χ3n) is 4.77. The van der Waals surface area contributed by atoms with Crippen molar-refractivity contribution in [1.29, 1.82) is 0 Å². The summed E-state index contributed by atoms with van der Waals surface area (Å²) in [6, 6.07) is 2.78. The fourth-order valence-corrected chi connectivity index (χ4v) is 3.65. The molecule has 1 aliphatic carbocycles. The topological polar surface area (TPSA) is 98.9 Å². The number of pyridine rings is 1. The lowest BCUT2D eigenvalue weighted by Gasteiger charge is -2.31. The van der Waals surface area contributed by atoms with Crippen molar-refractivity contribution in [3.05, 3.63) is 23.5 Å². The van der Waals surface area contributed by atoms with Gasteiger partial charge in [0.15, 0.2) is 0 Å². The van der Waals surface area contributed by atoms with Gasteiger partial charge in [-0.3, -0.25) is 4.98 Å². The van der Waals surface area contributed by atoms with Gasteiger partial charge in [-0.05, 0) is 56.8 Å². The molecule has 22 heavy (non-hydrogen) atoms. The van der Waals surface area contributed by atoms with Gasteiger partial charge in [-0.2, -0.15) is 9.67 Å². The zero-order chi connectivity index (χ0) is 15.1. The molecule has 1 fully saturated rings. The minimum absolute atomic E-state index is 0.185. The first-order valence-corrected chi connectivity index (χ1v) is 7.91. The second kappa shape index (κ2) is 5.24. The molecule has 4 rings (SSSR count). The highest BCUT2D eigenvalue weighted by atomic mass is 15.4. The van der Waals surface area contributed by atoms with Crippen molar-refractivity contribution in [3.8, 4) is 5.69 Å². The zero-order valence-electron chi connectivity index (χ0n) is 12.6. The van der Waals surface area contributed by atoms with E-state index in [1.165, 1.54) is 43.6 Å². The van der Waals surface area contributed by atoms with Gasteiger partial charge in [0.25, 0.3) is 0 Å². The summed E-state index contributed by atoms with van der Waals surface area (Å²) in [7, 11) is 0. The van der Waals surface area contributed by atoms with Crippen LogP contribution in [-0.2, 0) is 12.8 Å². The van der Waals surface area contributed by atoms with Crippen molar-refractivity contribution in [2.45, 2.75) is 38.1 Å². The number of fused-ring (bicyclic) bond motifs is 1. The average Bonchev–Trinajstić information content (AvgIpc) is 3.16. The maximum Gasteiger partial charge on any atom is 0.241 e. The highest BCUT2D eigenvalue weighted by Crippen LogP contribution is 2.27. The Kier molecular flexibility index (Phi) is 3.22. The first kappa shape index (κ1) is 13.5. The molecule has 7 nitrogen and oxygen atoms in total. The fraction of sp³-hybridized carbons (Fsp3) is 0.533. The molecule has 116 valence electrons. The van der Waals surface area contributed by atoms with E-state index in [2.05, 4.69) is 26.0 Å². The molecule has 0 spiro atoms. The predicted octanol–water partition coefficient (Wildman–Crippen LogP) is 0.780. The summed E-state index contributed by atoms with van der Waals surface area (Å²) < 4.78 is 1.56. The van der Waals surface area contributed by atoms with Gasteiger partial charge in [-0.15, -0.1) is 5.10 Å². The zero-order valence-corrected chi connectivity index (χ0v) is 12.6. The van der Waals surface area contributed by atoms with Crippen LogP contribution in [-0.4, -0.2) is 43.8 Å². The lowest BCUT2D eigenvalue weighted by Crippen LogP contribution is -2.37. The van der Waals surface area contributed by atoms with Crippen LogP contribution < -0.4 is 11.5 Å². The van der Waals surface area contributed by atoms with Crippen molar-refractivity contribution in [1.82, 2.24) is 24.6 Å². The van der Waals surface area contributed by atoms with Crippen molar-refractivity contribution in [2.75, 3.05) is 24.6 Å². The lowest BCUT2D eigenvalue weighted by atomic mass is 9.91. The second-order valence-electron chi connectivity index (χ2n) is 6.18. The number of nitrogens with zero attached hydrogens (tertiary/aromatic N) is 5. The van der Waals surface area contributed by atoms with Gasteiger partial charge in [0, 0.05) is 11.7 Å². The Balaban J connectivity index is 1.63. The smallest absolute Gasteiger partial charge is 0.241 e. The molecular weight excluding hydrogens is 278 g/mol. The molecule has 0 bridgehead atoms. The Morgan fingerprint density at radius 3 is 2.73 bits per heavy atom. The summed E-state index contributed by atoms with van der Waals surface area (Å²) in [4.78, 5) is 11.2. The van der Waals surface area contributed by atoms with Crippen LogP contribution in [0.3, 0.4) is 0 Å². The molecule has 0 radical (unpaired) electrons. The maximum absolute atomic E-state index is 5.85. The molecule has 2 aromatic rings. The molecule has 1 unspecified atom stereocenters. The Morgan fingerprint density at radius 2 is 2.00 bits per heavy atom. The number of nitrogen functional groups attached to an aromatic ring is 2. The number of anilines is 2. The van der Waals surface area contributed by atoms with Crippen molar-refractivity contribution in [2.24, 2.45) is 0 Å². The van der Waals surface area contributed by atoms with Crippen LogP contribution >= 0.6 is 0 Å². The number of hydrogen-bond donors (Lipinski definition) is 2. The molecule has 0 saturated carbocycles. The molecule has 2 aliphatic rings. The number of nitrogens with two attached hydrogens (primary N) is 2. The van der Waals surface area contributed by atoms with E-state index in [9.17, 15) is 0 Å². The highest BCUT2D eigenvalue weighted by molar-refractivity contribution is 5.42. The molecule has 7 heteroatoms. The first-order valence-electron chi connectivity index (χ1n) is 7.91. The van der Waals surface area contributed by atoms with Crippen molar-refractivity contribution >= 4 is 11.9 Å². The van der Waals surface area contributed by atoms with E-state index in [4.69, 9.17) is 11.5 Å². The van der Waals surface area contributed by atoms with E-state index >= 15 is 0 Å². The number of rotatable bonds is 2. The quantitative estimate of drug-likeness (QED) is 0.850. The number of likely N-dealkylation sites (tertiary alicyclic amines) is 1. The average molecular weight is 299 g/mol. The molecule has 4 N–H and O–H groups in total. The molecule has 0 amide bonds. The summed E-state index contributed by atoms with van der Waals surface area (Å²) in [6.45, 7) is 2.47. The van der Waals surface area contributed by atoms with E-state index in [1.807, 2.05) is 0 Å². The summed E-state index contributed by atoms with van der Waals surface area (Å²) in [6.07, 6.45) is 7.77. The van der Waals surface area contributed by atoms with Gasteiger partial charge < -0.3 is 16.4 Å². The second-order valence-corrected chi connectivity index (χ2v) is 6.18. The van der Waals surface area contributed by atoms with Crippen LogP contribution in [0.15, 0.2) is 12.3 Å². The van der Waals surface area contributed by atoms with Gasteiger partial charge in [-0.25, -0.2) is 0 Å². The molecule has 0 aromatic carbocycles. The Bertz CT molecular complexity index is 687. The molecule has 2 aromatic heterocycles. The summed E-state index contributed by atoms with van der Waals surface area (Å²) in [5.41, 5.74) is 14.8. The third kappa shape index (κ3) is 2.31. The van der Waals surface area contributed by atoms with Crippen LogP contribution in [0.25, 0.3) is 5.69 Å². The van der Waals surface area contributed by atoms with E-state index in [0.717, 1.165) is 18.5 Å². The Hall–Kier alpha value is -2.15. The minimum atomic E-state index is 0.185. The van der Waals surface area contributed by atoms with Crippen molar-refractivity contribution in [3.63, 3.8) is 0 Å². The summed E-state index contributed by atoms with van der Waals surface area (Å²) in [5.74, 6) is 0.483. The summed E-state index contributed by atoms with van der Waals surface area (Å²) in [5, 5.41) is 4.13. The highest BCUT2D eigenvalue weighted by Gasteiger charge is 2.27. The van der Waals surface area contributed by atoms with E-state index in [-0.39, 0.29) is 5.95 Å². The predicted molar refractivity (Wildman–Crippen MR) is 84.6 cm³/mol. The van der Waals surface area contributed by atoms with Crippen LogP contribution in [0.4, 0.5) is 11.9 Å². The normalized spacial score (nSPS) is 21.9.